The van der Waals surface area contributed by atoms with Crippen LogP contribution in [0.25, 0.3) is 0 Å². The van der Waals surface area contributed by atoms with Gasteiger partial charge in [0.05, 0.1) is 24.3 Å². The fraction of sp³-hybridized carbons (Fsp3) is 0.438. The fourth-order valence-corrected chi connectivity index (χ4v) is 3.03. The Balaban J connectivity index is 1.76. The van der Waals surface area contributed by atoms with Gasteiger partial charge < -0.3 is 15.2 Å². The summed E-state index contributed by atoms with van der Waals surface area (Å²) in [7, 11) is 2.19. The van der Waals surface area contributed by atoms with Gasteiger partial charge in [0, 0.05) is 13.1 Å². The summed E-state index contributed by atoms with van der Waals surface area (Å²) in [5.41, 5.74) is 8.63. The Morgan fingerprint density at radius 1 is 1.35 bits per heavy atom. The fourth-order valence-electron chi connectivity index (χ4n) is 3.03. The van der Waals surface area contributed by atoms with Gasteiger partial charge in [-0.3, -0.25) is 0 Å². The second kappa shape index (κ2) is 5.77. The molecular weight excluding hydrogens is 248 g/mol. The molecule has 2 aromatic rings. The third kappa shape index (κ3) is 2.76. The monoisotopic (exact) mass is 270 g/mol. The molecule has 0 radical (unpaired) electrons. The van der Waals surface area contributed by atoms with Crippen molar-refractivity contribution < 1.29 is 0 Å². The molecule has 1 aromatic heterocycles. The van der Waals surface area contributed by atoms with Gasteiger partial charge in [-0.2, -0.15) is 0 Å². The molecule has 2 heterocycles. The molecule has 0 spiro atoms. The first kappa shape index (κ1) is 13.3. The average molecular weight is 270 g/mol. The Labute approximate surface area is 120 Å². The molecular formula is C16H22N4. The second-order valence-electron chi connectivity index (χ2n) is 5.78. The minimum absolute atomic E-state index is 0.0992. The molecule has 0 saturated carbocycles. The molecule has 1 saturated heterocycles. The number of imidazole rings is 1. The van der Waals surface area contributed by atoms with Crippen molar-refractivity contribution in [2.45, 2.75) is 19.0 Å². The Morgan fingerprint density at radius 3 is 2.85 bits per heavy atom. The van der Waals surface area contributed by atoms with E-state index in [-0.39, 0.29) is 6.04 Å². The molecule has 0 amide bonds. The first-order valence-electron chi connectivity index (χ1n) is 7.23. The van der Waals surface area contributed by atoms with Crippen LogP contribution < -0.4 is 5.73 Å². The zero-order valence-electron chi connectivity index (χ0n) is 11.9. The molecule has 4 nitrogen and oxygen atoms in total. The molecule has 1 fully saturated rings. The average Bonchev–Trinajstić information content (AvgIpc) is 3.09. The Hall–Kier alpha value is -1.65. The van der Waals surface area contributed by atoms with Crippen LogP contribution in [0, 0.1) is 5.92 Å². The van der Waals surface area contributed by atoms with E-state index in [9.17, 15) is 0 Å². The zero-order chi connectivity index (χ0) is 13.9. The lowest BCUT2D eigenvalue weighted by molar-refractivity contribution is 0.375. The SMILES string of the molecule is CN1CCC(Cn2cncc2C(N)c2ccccc2)C1. The van der Waals surface area contributed by atoms with Crippen LogP contribution in [0.4, 0.5) is 0 Å². The van der Waals surface area contributed by atoms with E-state index in [4.69, 9.17) is 5.73 Å². The van der Waals surface area contributed by atoms with Gasteiger partial charge in [0.25, 0.3) is 0 Å². The number of nitrogens with two attached hydrogens (primary N) is 1. The minimum atomic E-state index is -0.0992. The Kier molecular flexibility index (Phi) is 3.85. The molecule has 1 aromatic carbocycles. The maximum absolute atomic E-state index is 6.39. The summed E-state index contributed by atoms with van der Waals surface area (Å²) in [5.74, 6) is 0.705. The molecule has 0 bridgehead atoms. The quantitative estimate of drug-likeness (QED) is 0.923. The van der Waals surface area contributed by atoms with Crippen LogP contribution in [0.2, 0.25) is 0 Å². The van der Waals surface area contributed by atoms with Gasteiger partial charge in [-0.05, 0) is 31.5 Å². The molecule has 0 aliphatic carbocycles. The van der Waals surface area contributed by atoms with E-state index in [2.05, 4.69) is 33.6 Å². The van der Waals surface area contributed by atoms with Gasteiger partial charge in [0.2, 0.25) is 0 Å². The highest BCUT2D eigenvalue weighted by Gasteiger charge is 2.22. The van der Waals surface area contributed by atoms with Crippen LogP contribution in [0.5, 0.6) is 0 Å². The predicted molar refractivity (Wildman–Crippen MR) is 80.3 cm³/mol. The zero-order valence-corrected chi connectivity index (χ0v) is 11.9. The molecule has 3 rings (SSSR count). The lowest BCUT2D eigenvalue weighted by Gasteiger charge is -2.18. The van der Waals surface area contributed by atoms with Crippen LogP contribution in [-0.2, 0) is 6.54 Å². The molecule has 1 aliphatic heterocycles. The maximum Gasteiger partial charge on any atom is 0.0948 e. The number of nitrogens with zero attached hydrogens (tertiary/aromatic N) is 3. The number of benzene rings is 1. The van der Waals surface area contributed by atoms with E-state index in [1.165, 1.54) is 13.0 Å². The van der Waals surface area contributed by atoms with Crippen molar-refractivity contribution in [2.24, 2.45) is 11.7 Å². The summed E-state index contributed by atoms with van der Waals surface area (Å²) in [5, 5.41) is 0. The summed E-state index contributed by atoms with van der Waals surface area (Å²) in [6, 6.07) is 10.1. The molecule has 2 unspecified atom stereocenters. The van der Waals surface area contributed by atoms with Gasteiger partial charge in [0.15, 0.2) is 0 Å². The van der Waals surface area contributed by atoms with Crippen molar-refractivity contribution >= 4 is 0 Å². The number of hydrogen-bond donors (Lipinski definition) is 1. The van der Waals surface area contributed by atoms with Crippen LogP contribution in [0.3, 0.4) is 0 Å². The maximum atomic E-state index is 6.39. The third-order valence-corrected chi connectivity index (χ3v) is 4.17. The van der Waals surface area contributed by atoms with E-state index in [0.717, 1.165) is 24.3 Å². The molecule has 4 heteroatoms. The van der Waals surface area contributed by atoms with Gasteiger partial charge in [-0.1, -0.05) is 30.3 Å². The summed E-state index contributed by atoms with van der Waals surface area (Å²) < 4.78 is 2.22. The number of aromatic nitrogens is 2. The van der Waals surface area contributed by atoms with E-state index in [0.29, 0.717) is 5.92 Å². The lowest BCUT2D eigenvalue weighted by Crippen LogP contribution is -2.21. The van der Waals surface area contributed by atoms with Crippen LogP contribution >= 0.6 is 0 Å². The summed E-state index contributed by atoms with van der Waals surface area (Å²) in [6.07, 6.45) is 5.07. The number of hydrogen-bond acceptors (Lipinski definition) is 3. The van der Waals surface area contributed by atoms with Crippen LogP contribution in [0.1, 0.15) is 23.7 Å². The molecule has 20 heavy (non-hydrogen) atoms. The van der Waals surface area contributed by atoms with Crippen molar-refractivity contribution in [1.82, 2.24) is 14.5 Å². The summed E-state index contributed by atoms with van der Waals surface area (Å²) >= 11 is 0. The highest BCUT2D eigenvalue weighted by atomic mass is 15.1. The standard InChI is InChI=1S/C16H22N4/c1-19-8-7-13(10-19)11-20-12-18-9-15(20)16(17)14-5-3-2-4-6-14/h2-6,9,12-13,16H,7-8,10-11,17H2,1H3. The number of rotatable bonds is 4. The molecule has 1 aliphatic rings. The van der Waals surface area contributed by atoms with E-state index in [1.54, 1.807) is 0 Å². The minimum Gasteiger partial charge on any atom is -0.333 e. The van der Waals surface area contributed by atoms with Crippen LogP contribution in [0.15, 0.2) is 42.9 Å². The second-order valence-corrected chi connectivity index (χ2v) is 5.78. The van der Waals surface area contributed by atoms with Crippen molar-refractivity contribution in [3.05, 3.63) is 54.1 Å². The van der Waals surface area contributed by atoms with Gasteiger partial charge in [-0.15, -0.1) is 0 Å². The third-order valence-electron chi connectivity index (χ3n) is 4.17. The number of likely N-dealkylation sites (tertiary alicyclic amines) is 1. The van der Waals surface area contributed by atoms with Crippen molar-refractivity contribution in [1.29, 1.82) is 0 Å². The topological polar surface area (TPSA) is 47.1 Å². The smallest absolute Gasteiger partial charge is 0.0948 e. The van der Waals surface area contributed by atoms with Crippen molar-refractivity contribution in [2.75, 3.05) is 20.1 Å². The Morgan fingerprint density at radius 2 is 2.15 bits per heavy atom. The van der Waals surface area contributed by atoms with E-state index in [1.807, 2.05) is 30.7 Å². The van der Waals surface area contributed by atoms with Crippen molar-refractivity contribution in [3.8, 4) is 0 Å². The summed E-state index contributed by atoms with van der Waals surface area (Å²) in [4.78, 5) is 6.69. The van der Waals surface area contributed by atoms with Gasteiger partial charge in [0.1, 0.15) is 0 Å². The van der Waals surface area contributed by atoms with Gasteiger partial charge in [-0.25, -0.2) is 4.98 Å². The highest BCUT2D eigenvalue weighted by Crippen LogP contribution is 2.22. The Bertz CT molecular complexity index is 549. The molecule has 2 N–H and O–H groups in total. The first-order valence-corrected chi connectivity index (χ1v) is 7.23. The first-order chi connectivity index (χ1) is 9.74. The lowest BCUT2D eigenvalue weighted by atomic mass is 10.0. The van der Waals surface area contributed by atoms with Gasteiger partial charge >= 0.3 is 0 Å². The van der Waals surface area contributed by atoms with Crippen LogP contribution in [-0.4, -0.2) is 34.6 Å². The van der Waals surface area contributed by atoms with Crippen molar-refractivity contribution in [3.63, 3.8) is 0 Å². The molecule has 2 atom stereocenters. The largest absolute Gasteiger partial charge is 0.333 e. The normalized spacial score (nSPS) is 21.2. The highest BCUT2D eigenvalue weighted by molar-refractivity contribution is 5.26. The van der Waals surface area contributed by atoms with E-state index < -0.39 is 0 Å². The van der Waals surface area contributed by atoms with E-state index >= 15 is 0 Å². The molecule has 106 valence electrons. The predicted octanol–water partition coefficient (Wildman–Crippen LogP) is 1.88. The summed E-state index contributed by atoms with van der Waals surface area (Å²) in [6.45, 7) is 3.37.